The molecule has 3 atom stereocenters. The smallest absolute Gasteiger partial charge is 0.241 e. The largest absolute Gasteiger partial charge is 0.324 e. The average Bonchev–Trinajstić information content (AvgIpc) is 2.49. The molecule has 0 aromatic heterocycles. The van der Waals surface area contributed by atoms with E-state index in [2.05, 4.69) is 10.6 Å². The van der Waals surface area contributed by atoms with E-state index in [1.54, 1.807) is 6.07 Å². The van der Waals surface area contributed by atoms with Gasteiger partial charge in [0.25, 0.3) is 0 Å². The van der Waals surface area contributed by atoms with Crippen molar-refractivity contribution in [1.82, 2.24) is 5.32 Å². The van der Waals surface area contributed by atoms with Crippen molar-refractivity contribution in [2.45, 2.75) is 50.6 Å². The number of rotatable bonds is 2. The van der Waals surface area contributed by atoms with Gasteiger partial charge in [-0.1, -0.05) is 12.8 Å². The van der Waals surface area contributed by atoms with Gasteiger partial charge in [-0.05, 0) is 72.4 Å². The van der Waals surface area contributed by atoms with Gasteiger partial charge in [0.15, 0.2) is 0 Å². The van der Waals surface area contributed by atoms with E-state index < -0.39 is 0 Å². The lowest BCUT2D eigenvalue weighted by molar-refractivity contribution is -0.119. The molecule has 0 radical (unpaired) electrons. The van der Waals surface area contributed by atoms with Gasteiger partial charge in [-0.15, -0.1) is 0 Å². The highest BCUT2D eigenvalue weighted by atomic mass is 127. The summed E-state index contributed by atoms with van der Waals surface area (Å²) in [6.07, 6.45) is 7.09. The second-order valence-corrected chi connectivity index (χ2v) is 7.22. The van der Waals surface area contributed by atoms with Crippen LogP contribution < -0.4 is 10.6 Å². The Morgan fingerprint density at radius 1 is 1.24 bits per heavy atom. The zero-order valence-electron chi connectivity index (χ0n) is 11.9. The molecule has 2 fully saturated rings. The summed E-state index contributed by atoms with van der Waals surface area (Å²) < 4.78 is 13.8. The van der Waals surface area contributed by atoms with Crippen LogP contribution in [0.25, 0.3) is 0 Å². The quantitative estimate of drug-likeness (QED) is 0.742. The molecule has 2 aliphatic rings. The number of benzene rings is 1. The first-order chi connectivity index (χ1) is 10.1. The summed E-state index contributed by atoms with van der Waals surface area (Å²) in [4.78, 5) is 12.4. The molecule has 1 aliphatic heterocycles. The molecule has 1 aromatic carbocycles. The summed E-state index contributed by atoms with van der Waals surface area (Å²) in [6.45, 7) is 0. The Morgan fingerprint density at radius 3 is 2.86 bits per heavy atom. The van der Waals surface area contributed by atoms with Crippen LogP contribution in [0.1, 0.15) is 38.5 Å². The van der Waals surface area contributed by atoms with Crippen LogP contribution in [0, 0.1) is 15.3 Å². The van der Waals surface area contributed by atoms with Gasteiger partial charge in [-0.25, -0.2) is 4.39 Å². The predicted octanol–water partition coefficient (Wildman–Crippen LogP) is 3.68. The Labute approximate surface area is 138 Å². The van der Waals surface area contributed by atoms with Crippen molar-refractivity contribution in [2.24, 2.45) is 5.92 Å². The molecule has 21 heavy (non-hydrogen) atoms. The summed E-state index contributed by atoms with van der Waals surface area (Å²) in [5.74, 6) is 0.468. The molecular weight excluding hydrogens is 382 g/mol. The first-order valence-corrected chi connectivity index (χ1v) is 8.73. The van der Waals surface area contributed by atoms with Gasteiger partial charge in [0.2, 0.25) is 5.91 Å². The summed E-state index contributed by atoms with van der Waals surface area (Å²) in [7, 11) is 0. The van der Waals surface area contributed by atoms with Crippen LogP contribution >= 0.6 is 22.6 Å². The normalized spacial score (nSPS) is 28.8. The highest BCUT2D eigenvalue weighted by Gasteiger charge is 2.34. The highest BCUT2D eigenvalue weighted by molar-refractivity contribution is 14.1. The van der Waals surface area contributed by atoms with Gasteiger partial charge in [0.1, 0.15) is 5.82 Å². The molecule has 1 saturated heterocycles. The number of hydrogen-bond acceptors (Lipinski definition) is 2. The lowest BCUT2D eigenvalue weighted by Crippen LogP contribution is -2.53. The molecule has 1 heterocycles. The fourth-order valence-corrected chi connectivity index (χ4v) is 4.12. The van der Waals surface area contributed by atoms with Gasteiger partial charge >= 0.3 is 0 Å². The predicted molar refractivity (Wildman–Crippen MR) is 89.7 cm³/mol. The minimum atomic E-state index is -0.279. The summed E-state index contributed by atoms with van der Waals surface area (Å²) >= 11 is 2.04. The molecule has 1 saturated carbocycles. The maximum atomic E-state index is 13.1. The van der Waals surface area contributed by atoms with E-state index in [4.69, 9.17) is 0 Å². The zero-order chi connectivity index (χ0) is 14.8. The van der Waals surface area contributed by atoms with Crippen molar-refractivity contribution in [1.29, 1.82) is 0 Å². The van der Waals surface area contributed by atoms with Crippen molar-refractivity contribution in [3.63, 3.8) is 0 Å². The fourth-order valence-electron chi connectivity index (χ4n) is 3.51. The second kappa shape index (κ2) is 6.60. The number of carbonyl (C=O) groups is 1. The topological polar surface area (TPSA) is 41.1 Å². The SMILES string of the molecule is O=C(Nc1ccc(F)cc1I)C1CCC2CCCCC2N1. The van der Waals surface area contributed by atoms with Crippen LogP contribution in [0.5, 0.6) is 0 Å². The van der Waals surface area contributed by atoms with Crippen LogP contribution in [0.3, 0.4) is 0 Å². The maximum absolute atomic E-state index is 13.1. The molecule has 5 heteroatoms. The molecule has 0 spiro atoms. The summed E-state index contributed by atoms with van der Waals surface area (Å²) in [5, 5.41) is 6.44. The number of anilines is 1. The third-order valence-corrected chi connectivity index (χ3v) is 5.55. The Kier molecular flexibility index (Phi) is 4.78. The van der Waals surface area contributed by atoms with Crippen molar-refractivity contribution < 1.29 is 9.18 Å². The third-order valence-electron chi connectivity index (χ3n) is 4.66. The fraction of sp³-hybridized carbons (Fsp3) is 0.562. The molecule has 3 rings (SSSR count). The first kappa shape index (κ1) is 15.2. The molecular formula is C16H20FIN2O. The van der Waals surface area contributed by atoms with Crippen LogP contribution in [-0.4, -0.2) is 18.0 Å². The molecule has 3 nitrogen and oxygen atoms in total. The van der Waals surface area contributed by atoms with Gasteiger partial charge in [-0.3, -0.25) is 4.79 Å². The third kappa shape index (κ3) is 3.56. The molecule has 3 unspecified atom stereocenters. The van der Waals surface area contributed by atoms with E-state index in [9.17, 15) is 9.18 Å². The lowest BCUT2D eigenvalue weighted by Gasteiger charge is -2.39. The van der Waals surface area contributed by atoms with Gasteiger partial charge in [0, 0.05) is 9.61 Å². The minimum absolute atomic E-state index is 0.00328. The Bertz CT molecular complexity index is 537. The monoisotopic (exact) mass is 402 g/mol. The molecule has 1 aromatic rings. The second-order valence-electron chi connectivity index (χ2n) is 6.06. The number of halogens is 2. The number of amides is 1. The number of fused-ring (bicyclic) bond motifs is 1. The lowest BCUT2D eigenvalue weighted by atomic mass is 9.77. The van der Waals surface area contributed by atoms with E-state index in [1.165, 1.54) is 37.8 Å². The summed E-state index contributed by atoms with van der Waals surface area (Å²) in [6, 6.07) is 4.81. The average molecular weight is 402 g/mol. The first-order valence-electron chi connectivity index (χ1n) is 7.65. The highest BCUT2D eigenvalue weighted by Crippen LogP contribution is 2.32. The zero-order valence-corrected chi connectivity index (χ0v) is 14.0. The van der Waals surface area contributed by atoms with E-state index in [0.29, 0.717) is 11.7 Å². The molecule has 2 N–H and O–H groups in total. The van der Waals surface area contributed by atoms with E-state index in [-0.39, 0.29) is 17.8 Å². The molecule has 0 bridgehead atoms. The summed E-state index contributed by atoms with van der Waals surface area (Å²) in [5.41, 5.74) is 0.689. The number of piperidine rings is 1. The number of carbonyl (C=O) groups excluding carboxylic acids is 1. The van der Waals surface area contributed by atoms with E-state index >= 15 is 0 Å². The Morgan fingerprint density at radius 2 is 2.05 bits per heavy atom. The molecule has 1 aliphatic carbocycles. The van der Waals surface area contributed by atoms with Crippen molar-refractivity contribution in [3.05, 3.63) is 27.6 Å². The Hall–Kier alpha value is -0.690. The van der Waals surface area contributed by atoms with Gasteiger partial charge < -0.3 is 10.6 Å². The van der Waals surface area contributed by atoms with Crippen LogP contribution in [0.4, 0.5) is 10.1 Å². The standard InChI is InChI=1S/C16H20FIN2O/c17-11-6-8-14(12(18)9-11)20-16(21)15-7-5-10-3-1-2-4-13(10)19-15/h6,8-10,13,15,19H,1-5,7H2,(H,20,21). The number of hydrogen-bond donors (Lipinski definition) is 2. The van der Waals surface area contributed by atoms with Crippen molar-refractivity contribution in [2.75, 3.05) is 5.32 Å². The van der Waals surface area contributed by atoms with Crippen LogP contribution in [-0.2, 0) is 4.79 Å². The molecule has 1 amide bonds. The minimum Gasteiger partial charge on any atom is -0.324 e. The van der Waals surface area contributed by atoms with Gasteiger partial charge in [-0.2, -0.15) is 0 Å². The van der Waals surface area contributed by atoms with Gasteiger partial charge in [0.05, 0.1) is 11.7 Å². The van der Waals surface area contributed by atoms with Crippen molar-refractivity contribution in [3.8, 4) is 0 Å². The van der Waals surface area contributed by atoms with E-state index in [1.807, 2.05) is 22.6 Å². The van der Waals surface area contributed by atoms with Crippen LogP contribution in [0.2, 0.25) is 0 Å². The maximum Gasteiger partial charge on any atom is 0.241 e. The van der Waals surface area contributed by atoms with E-state index in [0.717, 1.165) is 22.3 Å². The van der Waals surface area contributed by atoms with Crippen LogP contribution in [0.15, 0.2) is 18.2 Å². The Balaban J connectivity index is 1.63. The number of nitrogens with one attached hydrogen (secondary N) is 2. The van der Waals surface area contributed by atoms with Crippen molar-refractivity contribution >= 4 is 34.2 Å². The molecule has 114 valence electrons.